The van der Waals surface area contributed by atoms with Crippen LogP contribution in [0.15, 0.2) is 11.8 Å². The van der Waals surface area contributed by atoms with Gasteiger partial charge in [-0.25, -0.2) is 4.79 Å². The van der Waals surface area contributed by atoms with Gasteiger partial charge in [0.25, 0.3) is 0 Å². The quantitative estimate of drug-likeness (QED) is 0.426. The number of carbonyl (C=O) groups is 1. The third-order valence-corrected chi connectivity index (χ3v) is 2.36. The van der Waals surface area contributed by atoms with Crippen LogP contribution in [-0.2, 0) is 14.3 Å². The SMILES string of the molecule is CCCCCOC1=CC(=O)OC1Br. The number of unbranched alkanes of at least 4 members (excludes halogenated alkanes) is 2. The zero-order valence-corrected chi connectivity index (χ0v) is 9.17. The molecule has 0 aromatic carbocycles. The lowest BCUT2D eigenvalue weighted by Crippen LogP contribution is -2.05. The van der Waals surface area contributed by atoms with Crippen molar-refractivity contribution in [2.24, 2.45) is 0 Å². The van der Waals surface area contributed by atoms with Crippen LogP contribution >= 0.6 is 15.9 Å². The highest BCUT2D eigenvalue weighted by atomic mass is 79.9. The standard InChI is InChI=1S/C9H13BrO3/c1-2-3-4-5-12-7-6-8(11)13-9(7)10/h6,9H,2-5H2,1H3. The Balaban J connectivity index is 2.21. The average molecular weight is 249 g/mol. The molecule has 0 spiro atoms. The van der Waals surface area contributed by atoms with E-state index in [0.29, 0.717) is 12.4 Å². The Kier molecular flexibility index (Phi) is 4.28. The van der Waals surface area contributed by atoms with E-state index in [9.17, 15) is 4.79 Å². The largest absolute Gasteiger partial charge is 0.493 e. The van der Waals surface area contributed by atoms with Crippen LogP contribution < -0.4 is 0 Å². The minimum absolute atomic E-state index is 0.340. The van der Waals surface area contributed by atoms with E-state index in [4.69, 9.17) is 9.47 Å². The summed E-state index contributed by atoms with van der Waals surface area (Å²) in [5.74, 6) is 0.244. The van der Waals surface area contributed by atoms with E-state index >= 15 is 0 Å². The zero-order chi connectivity index (χ0) is 9.68. The molecule has 1 heterocycles. The van der Waals surface area contributed by atoms with E-state index in [1.54, 1.807) is 0 Å². The molecule has 13 heavy (non-hydrogen) atoms. The van der Waals surface area contributed by atoms with Crippen molar-refractivity contribution in [3.63, 3.8) is 0 Å². The Morgan fingerprint density at radius 1 is 1.62 bits per heavy atom. The first-order valence-corrected chi connectivity index (χ1v) is 5.34. The number of esters is 1. The molecule has 1 unspecified atom stereocenters. The van der Waals surface area contributed by atoms with Crippen LogP contribution in [0.1, 0.15) is 26.2 Å². The van der Waals surface area contributed by atoms with E-state index in [-0.39, 0.29) is 11.0 Å². The summed E-state index contributed by atoms with van der Waals surface area (Å²) in [5, 5.41) is -0.387. The number of halogens is 1. The molecule has 0 saturated carbocycles. The zero-order valence-electron chi connectivity index (χ0n) is 7.59. The van der Waals surface area contributed by atoms with Crippen LogP contribution in [0.3, 0.4) is 0 Å². The van der Waals surface area contributed by atoms with E-state index in [1.165, 1.54) is 6.08 Å². The monoisotopic (exact) mass is 248 g/mol. The first kappa shape index (κ1) is 10.6. The van der Waals surface area contributed by atoms with Gasteiger partial charge in [-0.3, -0.25) is 0 Å². The highest BCUT2D eigenvalue weighted by Gasteiger charge is 2.24. The number of ether oxygens (including phenoxy) is 2. The summed E-state index contributed by atoms with van der Waals surface area (Å²) >= 11 is 3.18. The van der Waals surface area contributed by atoms with Gasteiger partial charge in [-0.1, -0.05) is 19.8 Å². The minimum Gasteiger partial charge on any atom is -0.493 e. The van der Waals surface area contributed by atoms with Crippen LogP contribution in [0.25, 0.3) is 0 Å². The molecule has 0 saturated heterocycles. The molecular weight excluding hydrogens is 236 g/mol. The molecule has 0 fully saturated rings. The first-order valence-electron chi connectivity index (χ1n) is 4.43. The van der Waals surface area contributed by atoms with Gasteiger partial charge in [-0.2, -0.15) is 0 Å². The Hall–Kier alpha value is -0.510. The van der Waals surface area contributed by atoms with Gasteiger partial charge in [0.1, 0.15) is 0 Å². The molecule has 0 aromatic heterocycles. The molecular formula is C9H13BrO3. The number of hydrogen-bond acceptors (Lipinski definition) is 3. The second kappa shape index (κ2) is 5.27. The molecule has 0 amide bonds. The number of cyclic esters (lactones) is 1. The van der Waals surface area contributed by atoms with Crippen molar-refractivity contribution in [1.29, 1.82) is 0 Å². The maximum Gasteiger partial charge on any atom is 0.335 e. The summed E-state index contributed by atoms with van der Waals surface area (Å²) in [5.41, 5.74) is 0. The van der Waals surface area contributed by atoms with Gasteiger partial charge < -0.3 is 9.47 Å². The van der Waals surface area contributed by atoms with Crippen molar-refractivity contribution in [1.82, 2.24) is 0 Å². The van der Waals surface area contributed by atoms with Crippen molar-refractivity contribution < 1.29 is 14.3 Å². The Labute approximate surface area is 86.2 Å². The van der Waals surface area contributed by atoms with Gasteiger partial charge in [0.05, 0.1) is 12.7 Å². The van der Waals surface area contributed by atoms with Crippen LogP contribution in [0.4, 0.5) is 0 Å². The molecule has 0 radical (unpaired) electrons. The Bertz CT molecular complexity index is 213. The van der Waals surface area contributed by atoms with Gasteiger partial charge >= 0.3 is 5.97 Å². The normalized spacial score (nSPS) is 21.2. The molecule has 1 aliphatic heterocycles. The Morgan fingerprint density at radius 2 is 2.38 bits per heavy atom. The lowest BCUT2D eigenvalue weighted by molar-refractivity contribution is -0.136. The van der Waals surface area contributed by atoms with Gasteiger partial charge in [-0.15, -0.1) is 0 Å². The third-order valence-electron chi connectivity index (χ3n) is 1.72. The molecule has 1 rings (SSSR count). The van der Waals surface area contributed by atoms with Crippen molar-refractivity contribution in [3.8, 4) is 0 Å². The van der Waals surface area contributed by atoms with E-state index in [2.05, 4.69) is 22.9 Å². The van der Waals surface area contributed by atoms with E-state index < -0.39 is 0 Å². The molecule has 0 aliphatic carbocycles. The number of rotatable bonds is 5. The fourth-order valence-corrected chi connectivity index (χ4v) is 1.47. The van der Waals surface area contributed by atoms with Crippen molar-refractivity contribution in [2.75, 3.05) is 6.61 Å². The fourth-order valence-electron chi connectivity index (χ4n) is 1.03. The maximum atomic E-state index is 10.7. The molecule has 4 heteroatoms. The molecule has 0 bridgehead atoms. The topological polar surface area (TPSA) is 35.5 Å². The molecule has 1 aliphatic rings. The fraction of sp³-hybridized carbons (Fsp3) is 0.667. The summed E-state index contributed by atoms with van der Waals surface area (Å²) in [4.78, 5) is 10.7. The second-order valence-corrected chi connectivity index (χ2v) is 3.69. The van der Waals surface area contributed by atoms with Gasteiger partial charge in [0.15, 0.2) is 5.76 Å². The van der Waals surface area contributed by atoms with Crippen molar-refractivity contribution in [3.05, 3.63) is 11.8 Å². The summed E-state index contributed by atoms with van der Waals surface area (Å²) in [7, 11) is 0. The van der Waals surface area contributed by atoms with Crippen LogP contribution in [-0.4, -0.2) is 17.6 Å². The summed E-state index contributed by atoms with van der Waals surface area (Å²) in [6, 6.07) is 0. The van der Waals surface area contributed by atoms with Crippen LogP contribution in [0.5, 0.6) is 0 Å². The van der Waals surface area contributed by atoms with Crippen LogP contribution in [0.2, 0.25) is 0 Å². The first-order chi connectivity index (χ1) is 6.24. The lowest BCUT2D eigenvalue weighted by atomic mass is 10.3. The highest BCUT2D eigenvalue weighted by molar-refractivity contribution is 9.09. The minimum atomic E-state index is -0.387. The number of alkyl halides is 1. The van der Waals surface area contributed by atoms with E-state index in [0.717, 1.165) is 19.3 Å². The molecule has 0 aromatic rings. The second-order valence-electron chi connectivity index (χ2n) is 2.86. The third kappa shape index (κ3) is 3.38. The predicted octanol–water partition coefficient (Wildman–Crippen LogP) is 2.35. The molecule has 1 atom stereocenters. The molecule has 0 N–H and O–H groups in total. The van der Waals surface area contributed by atoms with Crippen LogP contribution in [0, 0.1) is 0 Å². The average Bonchev–Trinajstić information content (AvgIpc) is 2.39. The summed E-state index contributed by atoms with van der Waals surface area (Å²) < 4.78 is 10.1. The number of carbonyl (C=O) groups excluding carboxylic acids is 1. The summed E-state index contributed by atoms with van der Waals surface area (Å²) in [6.45, 7) is 2.78. The van der Waals surface area contributed by atoms with Gasteiger partial charge in [-0.05, 0) is 22.4 Å². The Morgan fingerprint density at radius 3 is 2.92 bits per heavy atom. The van der Waals surface area contributed by atoms with Gasteiger partial charge in [0.2, 0.25) is 5.01 Å². The highest BCUT2D eigenvalue weighted by Crippen LogP contribution is 2.21. The van der Waals surface area contributed by atoms with Gasteiger partial charge in [0, 0.05) is 0 Å². The van der Waals surface area contributed by atoms with Crippen molar-refractivity contribution in [2.45, 2.75) is 31.2 Å². The smallest absolute Gasteiger partial charge is 0.335 e. The molecule has 74 valence electrons. The van der Waals surface area contributed by atoms with Crippen molar-refractivity contribution >= 4 is 21.9 Å². The summed E-state index contributed by atoms with van der Waals surface area (Å²) in [6.07, 6.45) is 4.71. The molecule has 3 nitrogen and oxygen atoms in total. The maximum absolute atomic E-state index is 10.7. The predicted molar refractivity (Wildman–Crippen MR) is 52.4 cm³/mol. The number of hydrogen-bond donors (Lipinski definition) is 0. The van der Waals surface area contributed by atoms with E-state index in [1.807, 2.05) is 0 Å². The lowest BCUT2D eigenvalue weighted by Gasteiger charge is -2.08.